The maximum absolute atomic E-state index is 2.63. The zero-order valence-electron chi connectivity index (χ0n) is 76.4. The van der Waals surface area contributed by atoms with E-state index in [9.17, 15) is 0 Å². The van der Waals surface area contributed by atoms with Crippen molar-refractivity contribution >= 4 is 0 Å². The van der Waals surface area contributed by atoms with Gasteiger partial charge in [-0.05, 0) is 197 Å². The van der Waals surface area contributed by atoms with E-state index in [1.165, 1.54) is 225 Å². The third-order valence-electron chi connectivity index (χ3n) is 17.8. The van der Waals surface area contributed by atoms with Crippen molar-refractivity contribution in [3.8, 4) is 0 Å². The number of hydrogen-bond donors (Lipinski definition) is 0. The number of piperidine rings is 1. The van der Waals surface area contributed by atoms with Crippen molar-refractivity contribution in [1.29, 1.82) is 0 Å². The fourth-order valence-corrected chi connectivity index (χ4v) is 10.9. The second-order valence-corrected chi connectivity index (χ2v) is 37.7. The summed E-state index contributed by atoms with van der Waals surface area (Å²) in [4.78, 5) is 5.01. The fourth-order valence-electron chi connectivity index (χ4n) is 10.9. The molecule has 0 spiro atoms. The van der Waals surface area contributed by atoms with E-state index in [1.807, 2.05) is 0 Å². The maximum Gasteiger partial charge on any atom is 0.00191 e. The van der Waals surface area contributed by atoms with Crippen LogP contribution in [0.1, 0.15) is 476 Å². The molecule has 4 saturated carbocycles. The van der Waals surface area contributed by atoms with Crippen LogP contribution < -0.4 is 0 Å². The van der Waals surface area contributed by atoms with Gasteiger partial charge in [-0.2, -0.15) is 0 Å². The fraction of sp³-hybridized carbons (Fsp3) is 1.00. The number of rotatable bonds is 28. The van der Waals surface area contributed by atoms with Crippen molar-refractivity contribution in [3.05, 3.63) is 0 Å². The van der Waals surface area contributed by atoms with E-state index in [0.29, 0.717) is 0 Å². The Hall–Kier alpha value is -0.0800. The minimum atomic E-state index is 0. The van der Waals surface area contributed by atoms with E-state index in [-0.39, 0.29) is 7.43 Å². The van der Waals surface area contributed by atoms with Gasteiger partial charge in [0, 0.05) is 13.1 Å². The van der Waals surface area contributed by atoms with Gasteiger partial charge >= 0.3 is 0 Å². The van der Waals surface area contributed by atoms with E-state index in [1.54, 1.807) is 19.3 Å². The lowest BCUT2D eigenvalue weighted by Gasteiger charge is -2.63. The summed E-state index contributed by atoms with van der Waals surface area (Å²) in [6.45, 7) is 92.1. The molecule has 6 fully saturated rings. The van der Waals surface area contributed by atoms with Gasteiger partial charge in [0.15, 0.2) is 0 Å². The average molecular weight is 1380 g/mol. The molecule has 0 aromatic rings. The molecule has 6 rings (SSSR count). The highest BCUT2D eigenvalue weighted by Crippen LogP contribution is 2.67. The molecular formula is C95H212N2. The molecule has 0 amide bonds. The summed E-state index contributed by atoms with van der Waals surface area (Å²) in [6, 6.07) is 0. The van der Waals surface area contributed by atoms with E-state index in [4.69, 9.17) is 0 Å². The minimum Gasteiger partial charge on any atom is -0.306 e. The Morgan fingerprint density at radius 3 is 0.763 bits per heavy atom. The van der Waals surface area contributed by atoms with Crippen LogP contribution >= 0.6 is 0 Å². The largest absolute Gasteiger partial charge is 0.306 e. The van der Waals surface area contributed by atoms with Gasteiger partial charge in [-0.1, -0.05) is 412 Å². The second-order valence-electron chi connectivity index (χ2n) is 37.7. The average Bonchev–Trinajstić information content (AvgIpc) is 0.730. The summed E-state index contributed by atoms with van der Waals surface area (Å²) >= 11 is 0. The topological polar surface area (TPSA) is 6.48 Å². The standard InChI is InChI=1S/C11H23N.C9H16.C8H17N.C8H16.C8H18.3C7H16.C6H14.3C5H12.2C4H10.CH4/c1-11(2)7-6-10-12-8-4-3-5-9-12;1-7(2)3-9-4-8(5-9)6-9;1-7(2)4-8-5-9(3)6-8;1-7(2)6-8-4-3-5-8;1-4-5-6-7-8(2)3;3*1-4-5-6-7(2)3;1-4-5-6(2)3;3*1-4-5(2)3;2*1-4(2)3;/h11H,3-10H2,1-2H3;7-8H,3-6H2,1-2H3;7-8H,4-6H2,1-3H3;7-8H,3-6H2,1-2H3;8H,4-7H2,1-3H3;3*7H,4-6H2,1-3H3;6H,4-5H2,1-3H3;3*5H,4H2,1-3H3;2*4H,1-3H3;1H4. The quantitative estimate of drug-likeness (QED) is 0.0721. The predicted octanol–water partition coefficient (Wildman–Crippen LogP) is 34.4. The van der Waals surface area contributed by atoms with Crippen LogP contribution in [0.4, 0.5) is 0 Å². The molecular weight excluding hydrogens is 1170 g/mol. The smallest absolute Gasteiger partial charge is 0.00191 e. The summed E-state index contributed by atoms with van der Waals surface area (Å²) in [5.41, 5.74) is 0.888. The first-order valence-corrected chi connectivity index (χ1v) is 44.0. The number of unbranched alkanes of at least 4 members (excludes halogenated alkanes) is 5. The summed E-state index contributed by atoms with van der Waals surface area (Å²) in [7, 11) is 2.19. The van der Waals surface area contributed by atoms with Gasteiger partial charge in [-0.3, -0.25) is 0 Å². The van der Waals surface area contributed by atoms with Crippen LogP contribution in [-0.4, -0.2) is 49.6 Å². The van der Waals surface area contributed by atoms with Crippen LogP contribution in [0.2, 0.25) is 0 Å². The van der Waals surface area contributed by atoms with Gasteiger partial charge < -0.3 is 9.80 Å². The molecule has 0 atom stereocenters. The second kappa shape index (κ2) is 86.6. The number of likely N-dealkylation sites (tertiary alicyclic amines) is 2. The van der Waals surface area contributed by atoms with Crippen LogP contribution in [-0.2, 0) is 0 Å². The molecule has 0 N–H and O–H groups in total. The Morgan fingerprint density at radius 2 is 0.598 bits per heavy atom. The van der Waals surface area contributed by atoms with Crippen molar-refractivity contribution in [3.63, 3.8) is 0 Å². The Balaban J connectivity index is -0.000000106. The van der Waals surface area contributed by atoms with Crippen LogP contribution in [0, 0.1) is 106 Å². The van der Waals surface area contributed by atoms with E-state index >= 15 is 0 Å². The number of nitrogens with zero attached hydrogens (tertiary/aromatic N) is 2. The Kier molecular flexibility index (Phi) is 105. The third kappa shape index (κ3) is 126. The Labute approximate surface area is 628 Å². The highest BCUT2D eigenvalue weighted by Gasteiger charge is 2.55. The summed E-state index contributed by atoms with van der Waals surface area (Å²) in [5.74, 6) is 15.8. The van der Waals surface area contributed by atoms with Crippen LogP contribution in [0.25, 0.3) is 0 Å². The van der Waals surface area contributed by atoms with Crippen molar-refractivity contribution in [2.24, 2.45) is 106 Å². The van der Waals surface area contributed by atoms with Crippen molar-refractivity contribution < 1.29 is 0 Å². The summed E-state index contributed by atoms with van der Waals surface area (Å²) in [5, 5.41) is 0. The van der Waals surface area contributed by atoms with E-state index in [2.05, 4.69) is 280 Å². The van der Waals surface area contributed by atoms with Crippen LogP contribution in [0.5, 0.6) is 0 Å². The number of hydrogen-bond acceptors (Lipinski definition) is 2. The molecule has 0 aromatic carbocycles. The molecule has 2 saturated heterocycles. The maximum atomic E-state index is 2.63. The molecule has 2 heteroatoms. The molecule has 97 heavy (non-hydrogen) atoms. The molecule has 2 aliphatic heterocycles. The highest BCUT2D eigenvalue weighted by molar-refractivity contribution is 5.06. The Morgan fingerprint density at radius 1 is 0.309 bits per heavy atom. The van der Waals surface area contributed by atoms with Crippen molar-refractivity contribution in [1.82, 2.24) is 9.80 Å². The summed E-state index contributed by atoms with van der Waals surface area (Å²) < 4.78 is 0. The lowest BCUT2D eigenvalue weighted by Crippen LogP contribution is -2.52. The monoisotopic (exact) mass is 1380 g/mol. The molecule has 0 aromatic heterocycles. The SMILES string of the molecule is C.CC(C)C.CC(C)C.CC(C)CC12CC(C1)C2.CC(C)CC1CCC1.CC(C)CC1CN(C)C1.CC(C)CCCN1CCCCC1.CCC(C)C.CCC(C)C.CCC(C)C.CCCC(C)C.CCCCC(C)C.CCCCC(C)C.CCCCC(C)C.CCCCCC(C)C. The van der Waals surface area contributed by atoms with Gasteiger partial charge in [0.05, 0.1) is 0 Å². The van der Waals surface area contributed by atoms with Crippen molar-refractivity contribution in [2.75, 3.05) is 39.8 Å². The highest BCUT2D eigenvalue weighted by atomic mass is 15.2. The summed E-state index contributed by atoms with van der Waals surface area (Å²) in [6.07, 6.45) is 45.4. The minimum absolute atomic E-state index is 0. The van der Waals surface area contributed by atoms with Crippen molar-refractivity contribution in [2.45, 2.75) is 476 Å². The van der Waals surface area contributed by atoms with Gasteiger partial charge in [-0.25, -0.2) is 0 Å². The first-order chi connectivity index (χ1) is 44.6. The zero-order chi connectivity index (χ0) is 76.6. The molecule has 2 heterocycles. The zero-order valence-corrected chi connectivity index (χ0v) is 76.4. The first-order valence-electron chi connectivity index (χ1n) is 44.0. The normalized spacial score (nSPS) is 16.6. The van der Waals surface area contributed by atoms with Crippen LogP contribution in [0.3, 0.4) is 0 Å². The van der Waals surface area contributed by atoms with Crippen LogP contribution in [0.15, 0.2) is 0 Å². The first kappa shape index (κ1) is 118. The van der Waals surface area contributed by atoms with E-state index in [0.717, 1.165) is 100 Å². The molecule has 2 bridgehead atoms. The molecule has 0 radical (unpaired) electrons. The molecule has 2 nitrogen and oxygen atoms in total. The molecule has 602 valence electrons. The lowest BCUT2D eigenvalue weighted by atomic mass is 9.42. The third-order valence-corrected chi connectivity index (χ3v) is 17.8. The van der Waals surface area contributed by atoms with Gasteiger partial charge in [0.2, 0.25) is 0 Å². The van der Waals surface area contributed by atoms with Gasteiger partial charge in [0.25, 0.3) is 0 Å². The van der Waals surface area contributed by atoms with E-state index < -0.39 is 0 Å². The predicted molar refractivity (Wildman–Crippen MR) is 466 cm³/mol. The molecule has 6 aliphatic rings. The lowest BCUT2D eigenvalue weighted by molar-refractivity contribution is -0.119. The Bertz CT molecular complexity index is 1220. The van der Waals surface area contributed by atoms with Gasteiger partial charge in [-0.15, -0.1) is 0 Å². The molecule has 0 unspecified atom stereocenters. The molecule has 4 aliphatic carbocycles. The van der Waals surface area contributed by atoms with Gasteiger partial charge in [0.1, 0.15) is 0 Å².